The fraction of sp³-hybridized carbons (Fsp3) is 0.500. The quantitative estimate of drug-likeness (QED) is 0.858. The standard InChI is InChI=1S/C14H18BrNO2/c1-10(2)14(17)16-8-7-13(9-16)18-12-5-3-11(15)4-6-12/h3-6,10,13H,7-9H2,1-2H3. The second-order valence-electron chi connectivity index (χ2n) is 4.92. The van der Waals surface area contributed by atoms with Crippen LogP contribution in [0.1, 0.15) is 20.3 Å². The highest BCUT2D eigenvalue weighted by atomic mass is 79.9. The first-order chi connectivity index (χ1) is 8.56. The SMILES string of the molecule is CC(C)C(=O)N1CCC(Oc2ccc(Br)cc2)C1. The Balaban J connectivity index is 1.90. The molecular formula is C14H18BrNO2. The van der Waals surface area contributed by atoms with Crippen molar-refractivity contribution in [3.8, 4) is 5.75 Å². The lowest BCUT2D eigenvalue weighted by Crippen LogP contribution is -2.33. The third kappa shape index (κ3) is 3.25. The van der Waals surface area contributed by atoms with Crippen molar-refractivity contribution in [2.75, 3.05) is 13.1 Å². The van der Waals surface area contributed by atoms with E-state index in [0.29, 0.717) is 6.54 Å². The number of nitrogens with zero attached hydrogens (tertiary/aromatic N) is 1. The van der Waals surface area contributed by atoms with Gasteiger partial charge in [0.1, 0.15) is 11.9 Å². The van der Waals surface area contributed by atoms with E-state index in [4.69, 9.17) is 4.74 Å². The van der Waals surface area contributed by atoms with E-state index in [1.54, 1.807) is 0 Å². The van der Waals surface area contributed by atoms with Crippen molar-refractivity contribution in [2.45, 2.75) is 26.4 Å². The first kappa shape index (κ1) is 13.4. The highest BCUT2D eigenvalue weighted by molar-refractivity contribution is 9.10. The largest absolute Gasteiger partial charge is 0.489 e. The zero-order valence-electron chi connectivity index (χ0n) is 10.7. The topological polar surface area (TPSA) is 29.5 Å². The molecule has 0 bridgehead atoms. The van der Waals surface area contributed by atoms with E-state index in [1.165, 1.54) is 0 Å². The number of rotatable bonds is 3. The molecule has 2 rings (SSSR count). The summed E-state index contributed by atoms with van der Waals surface area (Å²) in [4.78, 5) is 13.7. The maximum Gasteiger partial charge on any atom is 0.225 e. The molecule has 0 saturated carbocycles. The van der Waals surface area contributed by atoms with Crippen molar-refractivity contribution in [1.29, 1.82) is 0 Å². The van der Waals surface area contributed by atoms with Gasteiger partial charge in [-0.3, -0.25) is 4.79 Å². The van der Waals surface area contributed by atoms with E-state index in [0.717, 1.165) is 23.2 Å². The number of hydrogen-bond donors (Lipinski definition) is 0. The van der Waals surface area contributed by atoms with Gasteiger partial charge in [0.15, 0.2) is 0 Å². The van der Waals surface area contributed by atoms with Crippen molar-refractivity contribution in [3.63, 3.8) is 0 Å². The second kappa shape index (κ2) is 5.74. The fourth-order valence-electron chi connectivity index (χ4n) is 2.10. The van der Waals surface area contributed by atoms with E-state index in [1.807, 2.05) is 43.0 Å². The monoisotopic (exact) mass is 311 g/mol. The van der Waals surface area contributed by atoms with E-state index in [9.17, 15) is 4.79 Å². The van der Waals surface area contributed by atoms with E-state index < -0.39 is 0 Å². The van der Waals surface area contributed by atoms with Gasteiger partial charge >= 0.3 is 0 Å². The lowest BCUT2D eigenvalue weighted by molar-refractivity contribution is -0.133. The van der Waals surface area contributed by atoms with Crippen LogP contribution in [-0.4, -0.2) is 30.0 Å². The summed E-state index contributed by atoms with van der Waals surface area (Å²) in [6.07, 6.45) is 1.03. The maximum absolute atomic E-state index is 11.9. The Morgan fingerprint density at radius 3 is 2.67 bits per heavy atom. The molecule has 3 nitrogen and oxygen atoms in total. The maximum atomic E-state index is 11.9. The van der Waals surface area contributed by atoms with Crippen molar-refractivity contribution in [2.24, 2.45) is 5.92 Å². The summed E-state index contributed by atoms with van der Waals surface area (Å²) in [5.74, 6) is 1.15. The molecule has 1 aromatic carbocycles. The second-order valence-corrected chi connectivity index (χ2v) is 5.84. The summed E-state index contributed by atoms with van der Waals surface area (Å²) in [6.45, 7) is 5.38. The molecule has 0 aromatic heterocycles. The van der Waals surface area contributed by atoms with Gasteiger partial charge < -0.3 is 9.64 Å². The average molecular weight is 312 g/mol. The van der Waals surface area contributed by atoms with Gasteiger partial charge in [-0.05, 0) is 24.3 Å². The molecule has 1 heterocycles. The number of ether oxygens (including phenoxy) is 1. The molecule has 1 fully saturated rings. The van der Waals surface area contributed by atoms with Crippen LogP contribution >= 0.6 is 15.9 Å². The van der Waals surface area contributed by atoms with Crippen LogP contribution in [0.2, 0.25) is 0 Å². The molecule has 98 valence electrons. The summed E-state index contributed by atoms with van der Waals surface area (Å²) in [6, 6.07) is 7.80. The molecule has 0 aliphatic carbocycles. The number of carbonyl (C=O) groups excluding carboxylic acids is 1. The fourth-order valence-corrected chi connectivity index (χ4v) is 2.36. The minimum atomic E-state index is 0.0661. The lowest BCUT2D eigenvalue weighted by Gasteiger charge is -2.19. The van der Waals surface area contributed by atoms with Gasteiger partial charge in [-0.25, -0.2) is 0 Å². The van der Waals surface area contributed by atoms with Gasteiger partial charge in [-0.1, -0.05) is 29.8 Å². The molecule has 1 saturated heterocycles. The summed E-state index contributed by atoms with van der Waals surface area (Å²) < 4.78 is 6.92. The third-order valence-electron chi connectivity index (χ3n) is 3.07. The molecule has 18 heavy (non-hydrogen) atoms. The number of carbonyl (C=O) groups is 1. The van der Waals surface area contributed by atoms with Crippen LogP contribution in [0.3, 0.4) is 0 Å². The smallest absolute Gasteiger partial charge is 0.225 e. The molecule has 1 aromatic rings. The summed E-state index contributed by atoms with van der Waals surface area (Å²) in [5.41, 5.74) is 0. The van der Waals surface area contributed by atoms with Crippen LogP contribution in [-0.2, 0) is 4.79 Å². The van der Waals surface area contributed by atoms with E-state index in [2.05, 4.69) is 15.9 Å². The predicted octanol–water partition coefficient (Wildman–Crippen LogP) is 3.08. The minimum absolute atomic E-state index is 0.0661. The van der Waals surface area contributed by atoms with Gasteiger partial charge in [0, 0.05) is 23.4 Å². The first-order valence-electron chi connectivity index (χ1n) is 6.27. The number of likely N-dealkylation sites (tertiary alicyclic amines) is 1. The zero-order chi connectivity index (χ0) is 13.1. The Bertz CT molecular complexity index is 416. The van der Waals surface area contributed by atoms with Gasteiger partial charge in [0.05, 0.1) is 6.54 Å². The minimum Gasteiger partial charge on any atom is -0.489 e. The molecule has 1 aliphatic rings. The molecule has 0 spiro atoms. The number of benzene rings is 1. The lowest BCUT2D eigenvalue weighted by atomic mass is 10.2. The van der Waals surface area contributed by atoms with Crippen molar-refractivity contribution in [3.05, 3.63) is 28.7 Å². The van der Waals surface area contributed by atoms with E-state index >= 15 is 0 Å². The van der Waals surface area contributed by atoms with Crippen LogP contribution in [0.25, 0.3) is 0 Å². The molecule has 0 radical (unpaired) electrons. The first-order valence-corrected chi connectivity index (χ1v) is 7.06. The highest BCUT2D eigenvalue weighted by Gasteiger charge is 2.28. The molecule has 1 atom stereocenters. The Labute approximate surface area is 116 Å². The number of amides is 1. The molecule has 1 amide bonds. The Hall–Kier alpha value is -1.03. The Morgan fingerprint density at radius 1 is 1.39 bits per heavy atom. The number of halogens is 1. The molecule has 1 aliphatic heterocycles. The normalized spacial score (nSPS) is 19.3. The number of hydrogen-bond acceptors (Lipinski definition) is 2. The van der Waals surface area contributed by atoms with E-state index in [-0.39, 0.29) is 17.9 Å². The molecule has 1 unspecified atom stereocenters. The van der Waals surface area contributed by atoms with Crippen LogP contribution in [0.5, 0.6) is 5.75 Å². The highest BCUT2D eigenvalue weighted by Crippen LogP contribution is 2.21. The zero-order valence-corrected chi connectivity index (χ0v) is 12.3. The van der Waals surface area contributed by atoms with Gasteiger partial charge in [-0.2, -0.15) is 0 Å². The Morgan fingerprint density at radius 2 is 2.06 bits per heavy atom. The van der Waals surface area contributed by atoms with Crippen LogP contribution in [0.4, 0.5) is 0 Å². The predicted molar refractivity (Wildman–Crippen MR) is 74.6 cm³/mol. The molecule has 4 heteroatoms. The van der Waals surface area contributed by atoms with Crippen molar-refractivity contribution >= 4 is 21.8 Å². The van der Waals surface area contributed by atoms with Gasteiger partial charge in [0.2, 0.25) is 5.91 Å². The summed E-state index contributed by atoms with van der Waals surface area (Å²) >= 11 is 3.39. The molecular weight excluding hydrogens is 294 g/mol. The van der Waals surface area contributed by atoms with Crippen molar-refractivity contribution < 1.29 is 9.53 Å². The third-order valence-corrected chi connectivity index (χ3v) is 3.60. The van der Waals surface area contributed by atoms with Crippen LogP contribution in [0, 0.1) is 5.92 Å². The summed E-state index contributed by atoms with van der Waals surface area (Å²) in [5, 5.41) is 0. The Kier molecular flexibility index (Phi) is 4.27. The summed E-state index contributed by atoms with van der Waals surface area (Å²) in [7, 11) is 0. The van der Waals surface area contributed by atoms with Gasteiger partial charge in [0.25, 0.3) is 0 Å². The van der Waals surface area contributed by atoms with Crippen LogP contribution < -0.4 is 4.74 Å². The van der Waals surface area contributed by atoms with Crippen LogP contribution in [0.15, 0.2) is 28.7 Å². The van der Waals surface area contributed by atoms with Gasteiger partial charge in [-0.15, -0.1) is 0 Å². The van der Waals surface area contributed by atoms with Crippen molar-refractivity contribution in [1.82, 2.24) is 4.90 Å². The molecule has 0 N–H and O–H groups in total. The average Bonchev–Trinajstić information content (AvgIpc) is 2.79.